The van der Waals surface area contributed by atoms with Crippen molar-refractivity contribution in [1.82, 2.24) is 20.4 Å². The Hall–Kier alpha value is -1.92. The molecule has 2 aliphatic rings. The number of benzene rings is 1. The van der Waals surface area contributed by atoms with E-state index in [0.717, 1.165) is 49.3 Å². The van der Waals surface area contributed by atoms with Gasteiger partial charge in [-0.15, -0.1) is 12.4 Å². The molecule has 0 unspecified atom stereocenters. The Balaban J connectivity index is 0.00000169. The molecular formula is C17H20ClFN4O. The van der Waals surface area contributed by atoms with Crippen molar-refractivity contribution in [3.8, 4) is 5.69 Å². The van der Waals surface area contributed by atoms with Gasteiger partial charge in [0.25, 0.3) is 5.91 Å². The molecule has 5 nitrogen and oxygen atoms in total. The molecule has 0 spiro atoms. The molecule has 1 fully saturated rings. The minimum Gasteiger partial charge on any atom is -0.350 e. The van der Waals surface area contributed by atoms with Crippen LogP contribution in [0, 0.1) is 11.7 Å². The van der Waals surface area contributed by atoms with E-state index in [9.17, 15) is 9.18 Å². The minimum absolute atomic E-state index is 0. The van der Waals surface area contributed by atoms with Crippen molar-refractivity contribution in [2.75, 3.05) is 19.6 Å². The number of hydrogen-bond donors (Lipinski definition) is 2. The molecule has 2 aromatic rings. The van der Waals surface area contributed by atoms with Crippen LogP contribution < -0.4 is 10.6 Å². The summed E-state index contributed by atoms with van der Waals surface area (Å²) in [7, 11) is 0. The van der Waals surface area contributed by atoms with Crippen LogP contribution in [-0.2, 0) is 12.8 Å². The molecule has 4 rings (SSSR count). The van der Waals surface area contributed by atoms with Gasteiger partial charge in [-0.2, -0.15) is 5.10 Å². The van der Waals surface area contributed by atoms with Gasteiger partial charge in [-0.05, 0) is 43.5 Å². The summed E-state index contributed by atoms with van der Waals surface area (Å²) in [5.41, 5.74) is 3.44. The van der Waals surface area contributed by atoms with Crippen molar-refractivity contribution in [2.24, 2.45) is 5.92 Å². The maximum atomic E-state index is 13.1. The highest BCUT2D eigenvalue weighted by Crippen LogP contribution is 2.27. The fourth-order valence-corrected chi connectivity index (χ4v) is 3.23. The van der Waals surface area contributed by atoms with Crippen LogP contribution in [0.15, 0.2) is 24.3 Å². The van der Waals surface area contributed by atoms with E-state index >= 15 is 0 Å². The number of nitrogens with one attached hydrogen (secondary N) is 2. The Labute approximate surface area is 146 Å². The van der Waals surface area contributed by atoms with Gasteiger partial charge in [-0.1, -0.05) is 0 Å². The second-order valence-corrected chi connectivity index (χ2v) is 6.25. The van der Waals surface area contributed by atoms with Crippen molar-refractivity contribution >= 4 is 18.3 Å². The van der Waals surface area contributed by atoms with Crippen molar-refractivity contribution < 1.29 is 9.18 Å². The molecular weight excluding hydrogens is 331 g/mol. The average Bonchev–Trinajstić information content (AvgIpc) is 3.08. The normalized spacial score (nSPS) is 16.2. The van der Waals surface area contributed by atoms with Gasteiger partial charge in [-0.3, -0.25) is 4.79 Å². The molecule has 0 atom stereocenters. The summed E-state index contributed by atoms with van der Waals surface area (Å²) in [6.07, 6.45) is 2.81. The molecule has 0 saturated carbocycles. The lowest BCUT2D eigenvalue weighted by atomic mass is 10.0. The Bertz CT molecular complexity index is 740. The number of nitrogens with zero attached hydrogens (tertiary/aromatic N) is 2. The molecule has 0 bridgehead atoms. The van der Waals surface area contributed by atoms with Crippen LogP contribution in [0.3, 0.4) is 0 Å². The fraction of sp³-hybridized carbons (Fsp3) is 0.412. The van der Waals surface area contributed by atoms with Gasteiger partial charge in [-0.25, -0.2) is 9.07 Å². The molecule has 1 saturated heterocycles. The summed E-state index contributed by atoms with van der Waals surface area (Å²) < 4.78 is 14.9. The zero-order chi connectivity index (χ0) is 15.8. The lowest BCUT2D eigenvalue weighted by Gasteiger charge is -2.26. The first kappa shape index (κ1) is 16.9. The predicted octanol–water partition coefficient (Wildman–Crippen LogP) is 1.87. The number of amides is 1. The quantitative estimate of drug-likeness (QED) is 0.885. The minimum atomic E-state index is -0.273. The second-order valence-electron chi connectivity index (χ2n) is 6.25. The van der Waals surface area contributed by atoms with Crippen molar-refractivity contribution in [3.05, 3.63) is 47.0 Å². The molecule has 7 heteroatoms. The van der Waals surface area contributed by atoms with Gasteiger partial charge in [0, 0.05) is 36.8 Å². The SMILES string of the molecule is Cl.O=C(NCC1CNC1)c1nn(-c2ccc(F)cc2)c2c1CCC2. The van der Waals surface area contributed by atoms with Gasteiger partial charge in [0.05, 0.1) is 5.69 Å². The van der Waals surface area contributed by atoms with E-state index in [-0.39, 0.29) is 24.1 Å². The Morgan fingerprint density at radius 1 is 1.29 bits per heavy atom. The van der Waals surface area contributed by atoms with Crippen LogP contribution >= 0.6 is 12.4 Å². The molecule has 1 aliphatic carbocycles. The van der Waals surface area contributed by atoms with Crippen molar-refractivity contribution in [1.29, 1.82) is 0 Å². The number of fused-ring (bicyclic) bond motifs is 1. The third-order valence-corrected chi connectivity index (χ3v) is 4.63. The number of rotatable bonds is 4. The number of carbonyl (C=O) groups is 1. The number of carbonyl (C=O) groups excluding carboxylic acids is 1. The summed E-state index contributed by atoms with van der Waals surface area (Å²) in [6, 6.07) is 6.23. The van der Waals surface area contributed by atoms with Gasteiger partial charge in [0.1, 0.15) is 5.82 Å². The third kappa shape index (κ3) is 3.03. The van der Waals surface area contributed by atoms with Crippen LogP contribution in [0.2, 0.25) is 0 Å². The average molecular weight is 351 g/mol. The zero-order valence-corrected chi connectivity index (χ0v) is 14.0. The highest BCUT2D eigenvalue weighted by atomic mass is 35.5. The first-order chi connectivity index (χ1) is 11.2. The molecule has 1 aliphatic heterocycles. The predicted molar refractivity (Wildman–Crippen MR) is 91.5 cm³/mol. The summed E-state index contributed by atoms with van der Waals surface area (Å²) in [4.78, 5) is 12.5. The number of hydrogen-bond acceptors (Lipinski definition) is 3. The lowest BCUT2D eigenvalue weighted by Crippen LogP contribution is -2.48. The molecule has 0 radical (unpaired) electrons. The highest BCUT2D eigenvalue weighted by Gasteiger charge is 2.27. The smallest absolute Gasteiger partial charge is 0.272 e. The summed E-state index contributed by atoms with van der Waals surface area (Å²) in [5.74, 6) is 0.145. The van der Waals surface area contributed by atoms with E-state index in [4.69, 9.17) is 0 Å². The molecule has 128 valence electrons. The lowest BCUT2D eigenvalue weighted by molar-refractivity contribution is 0.0936. The van der Waals surface area contributed by atoms with Gasteiger partial charge < -0.3 is 10.6 Å². The Morgan fingerprint density at radius 2 is 2.04 bits per heavy atom. The van der Waals surface area contributed by atoms with Crippen LogP contribution in [0.1, 0.15) is 28.2 Å². The molecule has 2 heterocycles. The maximum absolute atomic E-state index is 13.1. The van der Waals surface area contributed by atoms with Crippen LogP contribution in [0.25, 0.3) is 5.69 Å². The van der Waals surface area contributed by atoms with Crippen LogP contribution in [0.5, 0.6) is 0 Å². The molecule has 24 heavy (non-hydrogen) atoms. The largest absolute Gasteiger partial charge is 0.350 e. The van der Waals surface area contributed by atoms with Crippen molar-refractivity contribution in [3.63, 3.8) is 0 Å². The van der Waals surface area contributed by atoms with E-state index < -0.39 is 0 Å². The Morgan fingerprint density at radius 3 is 2.71 bits per heavy atom. The maximum Gasteiger partial charge on any atom is 0.272 e. The zero-order valence-electron chi connectivity index (χ0n) is 13.2. The summed E-state index contributed by atoms with van der Waals surface area (Å²) in [6.45, 7) is 2.61. The molecule has 1 aromatic heterocycles. The van der Waals surface area contributed by atoms with E-state index in [1.807, 2.05) is 0 Å². The monoisotopic (exact) mass is 350 g/mol. The Kier molecular flexibility index (Phi) is 4.87. The number of aromatic nitrogens is 2. The van der Waals surface area contributed by atoms with Crippen LogP contribution in [-0.4, -0.2) is 35.3 Å². The standard InChI is InChI=1S/C17H19FN4O.ClH/c18-12-4-6-13(7-5-12)22-15-3-1-2-14(15)16(21-22)17(23)20-10-11-8-19-9-11;/h4-7,11,19H,1-3,8-10H2,(H,20,23);1H. The first-order valence-corrected chi connectivity index (χ1v) is 8.08. The third-order valence-electron chi connectivity index (χ3n) is 4.63. The van der Waals surface area contributed by atoms with E-state index in [1.165, 1.54) is 12.1 Å². The second kappa shape index (κ2) is 6.91. The van der Waals surface area contributed by atoms with Crippen molar-refractivity contribution in [2.45, 2.75) is 19.3 Å². The van der Waals surface area contributed by atoms with Crippen LogP contribution in [0.4, 0.5) is 4.39 Å². The molecule has 1 amide bonds. The molecule has 1 aromatic carbocycles. The topological polar surface area (TPSA) is 59.0 Å². The van der Waals surface area contributed by atoms with Gasteiger partial charge in [0.2, 0.25) is 0 Å². The summed E-state index contributed by atoms with van der Waals surface area (Å²) >= 11 is 0. The van der Waals surface area contributed by atoms with Gasteiger partial charge >= 0.3 is 0 Å². The first-order valence-electron chi connectivity index (χ1n) is 8.08. The number of halogens is 2. The van der Waals surface area contributed by atoms with E-state index in [1.54, 1.807) is 16.8 Å². The summed E-state index contributed by atoms with van der Waals surface area (Å²) in [5, 5.41) is 10.7. The fourth-order valence-electron chi connectivity index (χ4n) is 3.23. The van der Waals surface area contributed by atoms with Gasteiger partial charge in [0.15, 0.2) is 5.69 Å². The van der Waals surface area contributed by atoms with E-state index in [2.05, 4.69) is 15.7 Å². The highest BCUT2D eigenvalue weighted by molar-refractivity contribution is 5.94. The molecule has 2 N–H and O–H groups in total. The van der Waals surface area contributed by atoms with E-state index in [0.29, 0.717) is 18.2 Å².